The highest BCUT2D eigenvalue weighted by molar-refractivity contribution is 5.82. The van der Waals surface area contributed by atoms with Crippen LogP contribution in [0.4, 0.5) is 0 Å². The van der Waals surface area contributed by atoms with Gasteiger partial charge in [0, 0.05) is 38.3 Å². The van der Waals surface area contributed by atoms with Crippen LogP contribution < -0.4 is 10.6 Å². The monoisotopic (exact) mass is 325 g/mol. The average Bonchev–Trinajstić information content (AvgIpc) is 2.77. The van der Waals surface area contributed by atoms with E-state index in [4.69, 9.17) is 4.74 Å². The van der Waals surface area contributed by atoms with Crippen LogP contribution in [0.25, 0.3) is 0 Å². The topological polar surface area (TPSA) is 53.6 Å². The second-order valence-electron chi connectivity index (χ2n) is 7.38. The van der Waals surface area contributed by atoms with Crippen molar-refractivity contribution in [1.82, 2.24) is 15.5 Å². The van der Waals surface area contributed by atoms with Gasteiger partial charge in [-0.15, -0.1) is 0 Å². The van der Waals surface area contributed by atoms with Crippen molar-refractivity contribution in [3.63, 3.8) is 0 Å². The number of ether oxygens (including phenoxy) is 1. The van der Waals surface area contributed by atoms with E-state index in [1.807, 2.05) is 0 Å². The van der Waals surface area contributed by atoms with Crippen LogP contribution in [-0.2, 0) is 9.53 Å². The zero-order chi connectivity index (χ0) is 16.7. The van der Waals surface area contributed by atoms with Gasteiger partial charge in [0.1, 0.15) is 0 Å². The zero-order valence-corrected chi connectivity index (χ0v) is 15.1. The number of likely N-dealkylation sites (tertiary alicyclic amines) is 1. The Balaban J connectivity index is 1.87. The van der Waals surface area contributed by atoms with Gasteiger partial charge in [0.05, 0.1) is 12.6 Å². The third kappa shape index (κ3) is 5.73. The van der Waals surface area contributed by atoms with E-state index in [2.05, 4.69) is 29.4 Å². The minimum Gasteiger partial charge on any atom is -0.383 e. The molecule has 0 aromatic carbocycles. The molecule has 0 spiro atoms. The van der Waals surface area contributed by atoms with Crippen molar-refractivity contribution in [2.24, 2.45) is 0 Å². The normalized spacial score (nSPS) is 27.3. The summed E-state index contributed by atoms with van der Waals surface area (Å²) in [6, 6.07) is 1.48. The molecule has 1 aliphatic heterocycles. The summed E-state index contributed by atoms with van der Waals surface area (Å²) in [5.41, 5.74) is 0. The Hall–Kier alpha value is -0.650. The first kappa shape index (κ1) is 18.7. The number of nitrogens with one attached hydrogen (secondary N) is 2. The van der Waals surface area contributed by atoms with Gasteiger partial charge in [0.25, 0.3) is 0 Å². The van der Waals surface area contributed by atoms with E-state index in [1.165, 1.54) is 38.5 Å². The highest BCUT2D eigenvalue weighted by atomic mass is 16.5. The average molecular weight is 325 g/mol. The summed E-state index contributed by atoms with van der Waals surface area (Å²) < 4.78 is 5.02. The maximum Gasteiger partial charge on any atom is 0.237 e. The van der Waals surface area contributed by atoms with Crippen LogP contribution in [0.15, 0.2) is 0 Å². The Labute approximate surface area is 141 Å². The van der Waals surface area contributed by atoms with Gasteiger partial charge in [-0.3, -0.25) is 9.69 Å². The number of hydrogen-bond acceptors (Lipinski definition) is 4. The highest BCUT2D eigenvalue weighted by Crippen LogP contribution is 2.24. The van der Waals surface area contributed by atoms with E-state index in [0.29, 0.717) is 31.3 Å². The van der Waals surface area contributed by atoms with Crippen molar-refractivity contribution >= 4 is 5.91 Å². The van der Waals surface area contributed by atoms with Gasteiger partial charge in [0.15, 0.2) is 0 Å². The number of methoxy groups -OCH3 is 1. The van der Waals surface area contributed by atoms with E-state index < -0.39 is 0 Å². The molecule has 1 saturated carbocycles. The molecule has 0 radical (unpaired) electrons. The van der Waals surface area contributed by atoms with Crippen LogP contribution in [0, 0.1) is 0 Å². The molecule has 1 heterocycles. The second-order valence-corrected chi connectivity index (χ2v) is 7.38. The van der Waals surface area contributed by atoms with Gasteiger partial charge in [0.2, 0.25) is 5.91 Å². The number of hydrogen-bond donors (Lipinski definition) is 2. The molecule has 1 aliphatic carbocycles. The fraction of sp³-hybridized carbons (Fsp3) is 0.944. The van der Waals surface area contributed by atoms with Gasteiger partial charge in [-0.1, -0.05) is 25.7 Å². The molecule has 1 saturated heterocycles. The molecule has 2 atom stereocenters. The number of carbonyl (C=O) groups is 1. The van der Waals surface area contributed by atoms with Crippen molar-refractivity contribution < 1.29 is 9.53 Å². The Kier molecular flexibility index (Phi) is 7.80. The zero-order valence-electron chi connectivity index (χ0n) is 15.1. The highest BCUT2D eigenvalue weighted by Gasteiger charge is 2.38. The molecule has 0 unspecified atom stereocenters. The maximum absolute atomic E-state index is 12.5. The summed E-state index contributed by atoms with van der Waals surface area (Å²) in [6.45, 7) is 6.52. The molecular formula is C18H35N3O2. The van der Waals surface area contributed by atoms with E-state index in [-0.39, 0.29) is 11.9 Å². The van der Waals surface area contributed by atoms with E-state index in [1.54, 1.807) is 7.11 Å². The largest absolute Gasteiger partial charge is 0.383 e. The summed E-state index contributed by atoms with van der Waals surface area (Å²) in [7, 11) is 1.66. The molecule has 0 aromatic heterocycles. The predicted octanol–water partition coefficient (Wildman–Crippen LogP) is 1.91. The van der Waals surface area contributed by atoms with Gasteiger partial charge in [-0.05, 0) is 33.1 Å². The summed E-state index contributed by atoms with van der Waals surface area (Å²) >= 11 is 0. The first-order valence-corrected chi connectivity index (χ1v) is 9.40. The maximum atomic E-state index is 12.5. The molecule has 2 aliphatic rings. The van der Waals surface area contributed by atoms with Crippen LogP contribution in [0.5, 0.6) is 0 Å². The fourth-order valence-corrected chi connectivity index (χ4v) is 3.98. The van der Waals surface area contributed by atoms with Crippen molar-refractivity contribution in [2.45, 2.75) is 83.0 Å². The fourth-order valence-electron chi connectivity index (χ4n) is 3.98. The number of nitrogens with zero attached hydrogens (tertiary/aromatic N) is 1. The lowest BCUT2D eigenvalue weighted by atomic mass is 10.1. The van der Waals surface area contributed by atoms with Crippen LogP contribution in [0.1, 0.15) is 58.8 Å². The van der Waals surface area contributed by atoms with E-state index in [9.17, 15) is 4.79 Å². The Bertz CT molecular complexity index is 354. The van der Waals surface area contributed by atoms with Crippen molar-refractivity contribution in [2.75, 3.05) is 26.8 Å². The van der Waals surface area contributed by atoms with Gasteiger partial charge < -0.3 is 15.4 Å². The lowest BCUT2D eigenvalue weighted by Gasteiger charge is -2.27. The molecule has 5 nitrogen and oxygen atoms in total. The molecule has 2 fully saturated rings. The minimum absolute atomic E-state index is 0.00451. The molecule has 0 bridgehead atoms. The standard InChI is InChI=1S/C18H35N3O2/c1-14(2)21-13-16(20-15-8-6-4-5-7-9-15)12-17(21)18(22)19-10-11-23-3/h14-17,20H,4-13H2,1-3H3,(H,19,22)/t16-,17-/m0/s1. The van der Waals surface area contributed by atoms with Crippen molar-refractivity contribution in [3.8, 4) is 0 Å². The Morgan fingerprint density at radius 3 is 2.48 bits per heavy atom. The third-order valence-electron chi connectivity index (χ3n) is 5.24. The smallest absolute Gasteiger partial charge is 0.237 e. The van der Waals surface area contributed by atoms with Crippen LogP contribution in [-0.4, -0.2) is 61.8 Å². The molecule has 23 heavy (non-hydrogen) atoms. The van der Waals surface area contributed by atoms with Crippen LogP contribution in [0.3, 0.4) is 0 Å². The van der Waals surface area contributed by atoms with Gasteiger partial charge in [-0.25, -0.2) is 0 Å². The van der Waals surface area contributed by atoms with E-state index >= 15 is 0 Å². The molecular weight excluding hydrogens is 290 g/mol. The Morgan fingerprint density at radius 2 is 1.87 bits per heavy atom. The molecule has 1 amide bonds. The molecule has 2 rings (SSSR count). The molecule has 134 valence electrons. The van der Waals surface area contributed by atoms with E-state index in [0.717, 1.165) is 13.0 Å². The summed E-state index contributed by atoms with van der Waals surface area (Å²) in [5, 5.41) is 6.86. The second kappa shape index (κ2) is 9.60. The molecule has 5 heteroatoms. The predicted molar refractivity (Wildman–Crippen MR) is 93.5 cm³/mol. The number of rotatable bonds is 7. The summed E-state index contributed by atoms with van der Waals surface area (Å²) in [4.78, 5) is 14.8. The number of carbonyl (C=O) groups excluding carboxylic acids is 1. The minimum atomic E-state index is -0.00451. The molecule has 2 N–H and O–H groups in total. The molecule has 0 aromatic rings. The van der Waals surface area contributed by atoms with Crippen molar-refractivity contribution in [1.29, 1.82) is 0 Å². The summed E-state index contributed by atoms with van der Waals surface area (Å²) in [6.07, 6.45) is 8.97. The van der Waals surface area contributed by atoms with Gasteiger partial charge in [-0.2, -0.15) is 0 Å². The quantitative estimate of drug-likeness (QED) is 0.555. The van der Waals surface area contributed by atoms with Crippen LogP contribution in [0.2, 0.25) is 0 Å². The van der Waals surface area contributed by atoms with Crippen LogP contribution >= 0.6 is 0 Å². The summed E-state index contributed by atoms with van der Waals surface area (Å²) in [5.74, 6) is 0.154. The number of amides is 1. The Morgan fingerprint density at radius 1 is 1.17 bits per heavy atom. The first-order chi connectivity index (χ1) is 11.1. The SMILES string of the molecule is COCCNC(=O)[C@@H]1C[C@H](NC2CCCCCC2)CN1C(C)C. The lowest BCUT2D eigenvalue weighted by molar-refractivity contribution is -0.126. The van der Waals surface area contributed by atoms with Crippen molar-refractivity contribution in [3.05, 3.63) is 0 Å². The first-order valence-electron chi connectivity index (χ1n) is 9.40. The van der Waals surface area contributed by atoms with Gasteiger partial charge >= 0.3 is 0 Å². The lowest BCUT2D eigenvalue weighted by Crippen LogP contribution is -2.46. The third-order valence-corrected chi connectivity index (χ3v) is 5.24.